The van der Waals surface area contributed by atoms with Crippen molar-refractivity contribution in [2.75, 3.05) is 0 Å². The summed E-state index contributed by atoms with van der Waals surface area (Å²) in [5.41, 5.74) is 0. The standard InChI is InChI=1S/3ClH.4H2N.Ru/h3*1H;4*1H2;/q;;;4*-1;+6/p-2. The first-order valence-electron chi connectivity index (χ1n) is 1.08. The van der Waals surface area contributed by atoms with Crippen molar-refractivity contribution in [3.63, 3.8) is 0 Å². The molecule has 0 amide bonds. The predicted octanol–water partition coefficient (Wildman–Crippen LogP) is -0.564. The molecule has 0 aliphatic carbocycles. The molecule has 4 nitrogen and oxygen atoms in total. The van der Waals surface area contributed by atoms with E-state index >= 15 is 0 Å². The molecule has 0 aromatic carbocycles. The van der Waals surface area contributed by atoms with Crippen molar-refractivity contribution in [3.05, 3.63) is 0 Å². The first kappa shape index (κ1) is 12.1. The van der Waals surface area contributed by atoms with Crippen molar-refractivity contribution in [1.82, 2.24) is 0 Å². The maximum atomic E-state index is 5.09. The Kier molecular flexibility index (Phi) is 2.53. The Balaban J connectivity index is 0. The van der Waals surface area contributed by atoms with E-state index in [-0.39, 0.29) is 12.4 Å². The molecule has 0 unspecified atom stereocenters. The SMILES string of the molecule is Cl.[NH2][Ru]([NH2])([NH2])([NH2])([Cl])[Cl]. The summed E-state index contributed by atoms with van der Waals surface area (Å²) in [6.07, 6.45) is 0. The Hall–Kier alpha value is 1.33. The second kappa shape index (κ2) is 1.68. The summed E-state index contributed by atoms with van der Waals surface area (Å²) in [5.74, 6) is 0. The van der Waals surface area contributed by atoms with Gasteiger partial charge in [-0.2, -0.15) is 0 Å². The summed E-state index contributed by atoms with van der Waals surface area (Å²) < 4.78 is 19.5. The van der Waals surface area contributed by atoms with E-state index in [2.05, 4.69) is 0 Å². The Morgan fingerprint density at radius 1 is 0.875 bits per heavy atom. The minimum absolute atomic E-state index is 0. The van der Waals surface area contributed by atoms with Crippen LogP contribution in [0, 0.1) is 0 Å². The third-order valence-electron chi connectivity index (χ3n) is 0. The summed E-state index contributed by atoms with van der Waals surface area (Å²) in [6.45, 7) is 0. The maximum absolute atomic E-state index is 5.11. The first-order valence-corrected chi connectivity index (χ1v) is 9.57. The number of halogens is 3. The molecule has 58 valence electrons. The molecule has 0 aromatic rings. The van der Waals surface area contributed by atoms with Gasteiger partial charge in [-0.15, -0.1) is 12.4 Å². The van der Waals surface area contributed by atoms with Gasteiger partial charge in [-0.25, -0.2) is 0 Å². The zero-order valence-electron chi connectivity index (χ0n) is 3.83. The van der Waals surface area contributed by atoms with Gasteiger partial charge in [0.1, 0.15) is 0 Å². The van der Waals surface area contributed by atoms with Gasteiger partial charge in [0, 0.05) is 0 Å². The first-order chi connectivity index (χ1) is 2.45. The number of hydrogen-bond donors (Lipinski definition) is 4. The van der Waals surface area contributed by atoms with Crippen LogP contribution in [0.2, 0.25) is 0 Å². The van der Waals surface area contributed by atoms with E-state index in [1.54, 1.807) is 0 Å². The van der Waals surface area contributed by atoms with E-state index in [0.29, 0.717) is 0 Å². The number of hydrogen-bond acceptors (Lipinski definition) is 4. The molecule has 8 heavy (non-hydrogen) atoms. The van der Waals surface area contributed by atoms with Crippen molar-refractivity contribution in [3.8, 4) is 0 Å². The van der Waals surface area contributed by atoms with Gasteiger partial charge >= 0.3 is 48.7 Å². The predicted molar refractivity (Wildman–Crippen MR) is 35.7 cm³/mol. The van der Waals surface area contributed by atoms with Gasteiger partial charge in [0.15, 0.2) is 0 Å². The molecule has 0 radical (unpaired) electrons. The van der Waals surface area contributed by atoms with Crippen LogP contribution < -0.4 is 17.9 Å². The Labute approximate surface area is 61.0 Å². The molecule has 0 aliphatic rings. The van der Waals surface area contributed by atoms with E-state index in [1.165, 1.54) is 0 Å². The quantitative estimate of drug-likeness (QED) is 0.444. The van der Waals surface area contributed by atoms with Crippen LogP contribution in [-0.2, 0) is 11.4 Å². The van der Waals surface area contributed by atoms with Gasteiger partial charge in [0.05, 0.1) is 0 Å². The molecule has 0 saturated carbocycles. The fraction of sp³-hybridized carbons (Fsp3) is 0. The summed E-state index contributed by atoms with van der Waals surface area (Å²) in [6, 6.07) is 0. The summed E-state index contributed by atoms with van der Waals surface area (Å²) in [7, 11) is 10.2. The van der Waals surface area contributed by atoms with E-state index in [0.717, 1.165) is 0 Å². The van der Waals surface area contributed by atoms with Gasteiger partial charge < -0.3 is 0 Å². The van der Waals surface area contributed by atoms with Crippen LogP contribution >= 0.6 is 31.8 Å². The van der Waals surface area contributed by atoms with Crippen LogP contribution in [0.1, 0.15) is 0 Å². The van der Waals surface area contributed by atoms with Crippen molar-refractivity contribution < 1.29 is 11.4 Å². The van der Waals surface area contributed by atoms with Crippen LogP contribution in [0.5, 0.6) is 0 Å². The zero-order valence-corrected chi connectivity index (χ0v) is 7.89. The molecule has 0 bridgehead atoms. The average Bonchev–Trinajstić information content (AvgIpc) is 0.592. The molecule has 0 saturated heterocycles. The minimum atomic E-state index is -5.11. The van der Waals surface area contributed by atoms with Crippen LogP contribution in [0.4, 0.5) is 0 Å². The molecule has 0 spiro atoms. The van der Waals surface area contributed by atoms with Gasteiger partial charge in [-0.1, -0.05) is 0 Å². The zero-order chi connectivity index (χ0) is 6.41. The molecule has 8 N–H and O–H groups in total. The van der Waals surface area contributed by atoms with Crippen molar-refractivity contribution in [2.45, 2.75) is 0 Å². The average molecular weight is 273 g/mol. The van der Waals surface area contributed by atoms with Crippen LogP contribution in [-0.4, -0.2) is 0 Å². The number of rotatable bonds is 0. The van der Waals surface area contributed by atoms with Crippen molar-refractivity contribution in [2.24, 2.45) is 17.9 Å². The van der Waals surface area contributed by atoms with Crippen LogP contribution in [0.25, 0.3) is 0 Å². The molecule has 0 heterocycles. The van der Waals surface area contributed by atoms with E-state index in [1.807, 2.05) is 0 Å². The summed E-state index contributed by atoms with van der Waals surface area (Å²) in [4.78, 5) is 0. The fourth-order valence-corrected chi connectivity index (χ4v) is 0. The third-order valence-corrected chi connectivity index (χ3v) is 0. The Bertz CT molecular complexity index is 69.8. The molecule has 0 atom stereocenters. The summed E-state index contributed by atoms with van der Waals surface area (Å²) >= 11 is -5.11. The Morgan fingerprint density at radius 3 is 0.875 bits per heavy atom. The van der Waals surface area contributed by atoms with Crippen molar-refractivity contribution >= 4 is 31.8 Å². The second-order valence-electron chi connectivity index (χ2n) is 1.37. The third kappa shape index (κ3) is 165. The van der Waals surface area contributed by atoms with Crippen LogP contribution in [0.15, 0.2) is 0 Å². The van der Waals surface area contributed by atoms with Crippen molar-refractivity contribution in [1.29, 1.82) is 0 Å². The number of nitrogens with two attached hydrogens (primary N) is 4. The second-order valence-corrected chi connectivity index (χ2v) is 17.8. The fourth-order valence-electron chi connectivity index (χ4n) is 0. The molecule has 0 fully saturated rings. The van der Waals surface area contributed by atoms with Gasteiger partial charge in [0.2, 0.25) is 0 Å². The van der Waals surface area contributed by atoms with E-state index in [4.69, 9.17) is 37.3 Å². The molecule has 8 heteroatoms. The van der Waals surface area contributed by atoms with Crippen LogP contribution in [0.3, 0.4) is 0 Å². The normalized spacial score (nSPS) is 20.2. The molecular formula is H9Cl3N4Ru. The van der Waals surface area contributed by atoms with Gasteiger partial charge in [-0.3, -0.25) is 0 Å². The van der Waals surface area contributed by atoms with E-state index < -0.39 is 11.4 Å². The molecule has 0 rings (SSSR count). The molecular weight excluding hydrogens is 263 g/mol. The molecule has 0 aliphatic heterocycles. The van der Waals surface area contributed by atoms with Gasteiger partial charge in [-0.05, 0) is 0 Å². The molecule has 0 aromatic heterocycles. The van der Waals surface area contributed by atoms with Gasteiger partial charge in [0.25, 0.3) is 0 Å². The topological polar surface area (TPSA) is 104 Å². The Morgan fingerprint density at radius 2 is 0.875 bits per heavy atom. The monoisotopic (exact) mass is 272 g/mol. The summed E-state index contributed by atoms with van der Waals surface area (Å²) in [5, 5.41) is 0. The van der Waals surface area contributed by atoms with E-state index in [9.17, 15) is 0 Å².